The number of aryl methyl sites for hydroxylation is 1. The smallest absolute Gasteiger partial charge is 0.0794 e. The van der Waals surface area contributed by atoms with Crippen molar-refractivity contribution in [2.75, 3.05) is 11.1 Å². The average molecular weight is 219 g/mol. The lowest BCUT2D eigenvalue weighted by atomic mass is 10.2. The molecule has 1 aromatic carbocycles. The van der Waals surface area contributed by atoms with Gasteiger partial charge in [-0.05, 0) is 24.6 Å². The Labute approximate surface area is 93.0 Å². The molecule has 0 unspecified atom stereocenters. The number of thiazole rings is 1. The highest BCUT2D eigenvalue weighted by Crippen LogP contribution is 2.20. The summed E-state index contributed by atoms with van der Waals surface area (Å²) < 4.78 is 0. The van der Waals surface area contributed by atoms with E-state index in [9.17, 15) is 0 Å². The van der Waals surface area contributed by atoms with E-state index in [2.05, 4.69) is 10.3 Å². The molecule has 0 saturated carbocycles. The van der Waals surface area contributed by atoms with E-state index in [1.807, 2.05) is 36.8 Å². The van der Waals surface area contributed by atoms with Gasteiger partial charge in [0, 0.05) is 11.1 Å². The minimum absolute atomic E-state index is 0.776. The van der Waals surface area contributed by atoms with Gasteiger partial charge < -0.3 is 11.1 Å². The monoisotopic (exact) mass is 219 g/mol. The van der Waals surface area contributed by atoms with E-state index in [0.29, 0.717) is 0 Å². The molecule has 2 aromatic rings. The highest BCUT2D eigenvalue weighted by Gasteiger charge is 1.99. The number of nitrogens with one attached hydrogen (secondary N) is 1. The molecule has 0 aliphatic heterocycles. The Morgan fingerprint density at radius 1 is 1.47 bits per heavy atom. The first-order valence-electron chi connectivity index (χ1n) is 4.73. The van der Waals surface area contributed by atoms with Gasteiger partial charge in [0.1, 0.15) is 0 Å². The summed E-state index contributed by atoms with van der Waals surface area (Å²) in [4.78, 5) is 5.22. The van der Waals surface area contributed by atoms with Crippen molar-refractivity contribution in [3.63, 3.8) is 0 Å². The van der Waals surface area contributed by atoms with Crippen LogP contribution in [-0.2, 0) is 6.54 Å². The first kappa shape index (κ1) is 9.98. The molecule has 2 rings (SSSR count). The fourth-order valence-corrected chi connectivity index (χ4v) is 1.89. The minimum Gasteiger partial charge on any atom is -0.397 e. The van der Waals surface area contributed by atoms with E-state index in [1.54, 1.807) is 11.3 Å². The molecule has 0 spiro atoms. The summed E-state index contributed by atoms with van der Waals surface area (Å²) in [6.07, 6.45) is 1.86. The van der Waals surface area contributed by atoms with E-state index in [4.69, 9.17) is 5.73 Å². The molecule has 0 aliphatic rings. The van der Waals surface area contributed by atoms with Crippen molar-refractivity contribution in [3.8, 4) is 0 Å². The molecule has 0 fully saturated rings. The number of hydrogen-bond donors (Lipinski definition) is 2. The Morgan fingerprint density at radius 2 is 2.33 bits per heavy atom. The van der Waals surface area contributed by atoms with E-state index >= 15 is 0 Å². The van der Waals surface area contributed by atoms with Crippen LogP contribution in [0.1, 0.15) is 10.4 Å². The number of nitrogen functional groups attached to an aromatic ring is 1. The lowest BCUT2D eigenvalue weighted by molar-refractivity contribution is 1.17. The number of hydrogen-bond acceptors (Lipinski definition) is 4. The fourth-order valence-electron chi connectivity index (χ4n) is 1.35. The first-order valence-corrected chi connectivity index (χ1v) is 5.61. The van der Waals surface area contributed by atoms with Crippen LogP contribution in [0, 0.1) is 6.92 Å². The third-order valence-corrected chi connectivity index (χ3v) is 2.92. The molecule has 1 heterocycles. The Morgan fingerprint density at radius 3 is 3.00 bits per heavy atom. The average Bonchev–Trinajstić information content (AvgIpc) is 2.69. The van der Waals surface area contributed by atoms with Crippen LogP contribution >= 0.6 is 11.3 Å². The first-order chi connectivity index (χ1) is 7.25. The van der Waals surface area contributed by atoms with Crippen molar-refractivity contribution in [3.05, 3.63) is 40.3 Å². The zero-order chi connectivity index (χ0) is 10.7. The minimum atomic E-state index is 0.776. The van der Waals surface area contributed by atoms with Crippen LogP contribution in [0.15, 0.2) is 29.9 Å². The molecule has 78 valence electrons. The van der Waals surface area contributed by atoms with Crippen LogP contribution in [0.25, 0.3) is 0 Å². The normalized spacial score (nSPS) is 10.2. The second-order valence-electron chi connectivity index (χ2n) is 3.41. The van der Waals surface area contributed by atoms with Crippen molar-refractivity contribution in [1.29, 1.82) is 0 Å². The third kappa shape index (κ3) is 2.47. The summed E-state index contributed by atoms with van der Waals surface area (Å²) in [5, 5.41) is 3.29. The number of rotatable bonds is 3. The standard InChI is InChI=1S/C11H13N3S/c1-8-2-3-11(10(12)4-8)14-6-9-5-13-7-15-9/h2-5,7,14H,6,12H2,1H3. The molecule has 0 bridgehead atoms. The van der Waals surface area contributed by atoms with Crippen LogP contribution in [-0.4, -0.2) is 4.98 Å². The lowest BCUT2D eigenvalue weighted by Gasteiger charge is -2.08. The van der Waals surface area contributed by atoms with Crippen LogP contribution in [0.5, 0.6) is 0 Å². The van der Waals surface area contributed by atoms with Crippen LogP contribution in [0.4, 0.5) is 11.4 Å². The molecule has 0 atom stereocenters. The topological polar surface area (TPSA) is 50.9 Å². The van der Waals surface area contributed by atoms with Crippen molar-refractivity contribution in [2.24, 2.45) is 0 Å². The maximum absolute atomic E-state index is 5.89. The van der Waals surface area contributed by atoms with Crippen molar-refractivity contribution >= 4 is 22.7 Å². The van der Waals surface area contributed by atoms with Gasteiger partial charge in [-0.25, -0.2) is 0 Å². The largest absolute Gasteiger partial charge is 0.397 e. The summed E-state index contributed by atoms with van der Waals surface area (Å²) in [6, 6.07) is 6.02. The van der Waals surface area contributed by atoms with Crippen molar-refractivity contribution in [2.45, 2.75) is 13.5 Å². The van der Waals surface area contributed by atoms with Crippen LogP contribution < -0.4 is 11.1 Å². The molecule has 0 amide bonds. The quantitative estimate of drug-likeness (QED) is 0.780. The molecule has 3 nitrogen and oxygen atoms in total. The second-order valence-corrected chi connectivity index (χ2v) is 4.38. The number of anilines is 2. The summed E-state index contributed by atoms with van der Waals surface area (Å²) in [6.45, 7) is 2.81. The molecule has 4 heteroatoms. The van der Waals surface area contributed by atoms with Crippen molar-refractivity contribution < 1.29 is 0 Å². The van der Waals surface area contributed by atoms with Gasteiger partial charge in [-0.15, -0.1) is 11.3 Å². The number of aromatic nitrogens is 1. The predicted molar refractivity (Wildman–Crippen MR) is 65.0 cm³/mol. The molecule has 0 saturated heterocycles. The van der Waals surface area contributed by atoms with Gasteiger partial charge in [-0.1, -0.05) is 6.07 Å². The Bertz CT molecular complexity index is 437. The summed E-state index contributed by atoms with van der Waals surface area (Å²) in [7, 11) is 0. The summed E-state index contributed by atoms with van der Waals surface area (Å²) in [5.74, 6) is 0. The Hall–Kier alpha value is -1.55. The molecule has 1 aromatic heterocycles. The van der Waals surface area contributed by atoms with Gasteiger partial charge in [0.15, 0.2) is 0 Å². The van der Waals surface area contributed by atoms with Crippen LogP contribution in [0.3, 0.4) is 0 Å². The van der Waals surface area contributed by atoms with E-state index < -0.39 is 0 Å². The van der Waals surface area contributed by atoms with Gasteiger partial charge in [-0.3, -0.25) is 4.98 Å². The number of nitrogens with zero attached hydrogens (tertiary/aromatic N) is 1. The molecule has 0 radical (unpaired) electrons. The number of nitrogens with two attached hydrogens (primary N) is 1. The van der Waals surface area contributed by atoms with E-state index in [1.165, 1.54) is 10.4 Å². The van der Waals surface area contributed by atoms with E-state index in [-0.39, 0.29) is 0 Å². The summed E-state index contributed by atoms with van der Waals surface area (Å²) >= 11 is 1.64. The predicted octanol–water partition coefficient (Wildman–Crippen LogP) is 2.65. The van der Waals surface area contributed by atoms with Gasteiger partial charge in [0.2, 0.25) is 0 Å². The Kier molecular flexibility index (Phi) is 2.87. The van der Waals surface area contributed by atoms with Gasteiger partial charge in [-0.2, -0.15) is 0 Å². The molecular formula is C11H13N3S. The molecular weight excluding hydrogens is 206 g/mol. The zero-order valence-electron chi connectivity index (χ0n) is 8.53. The number of benzene rings is 1. The van der Waals surface area contributed by atoms with Gasteiger partial charge >= 0.3 is 0 Å². The van der Waals surface area contributed by atoms with Gasteiger partial charge in [0.25, 0.3) is 0 Å². The highest BCUT2D eigenvalue weighted by molar-refractivity contribution is 7.09. The third-order valence-electron chi connectivity index (χ3n) is 2.14. The fraction of sp³-hybridized carbons (Fsp3) is 0.182. The zero-order valence-corrected chi connectivity index (χ0v) is 9.34. The lowest BCUT2D eigenvalue weighted by Crippen LogP contribution is -2.01. The SMILES string of the molecule is Cc1ccc(NCc2cncs2)c(N)c1. The summed E-state index contributed by atoms with van der Waals surface area (Å²) in [5.41, 5.74) is 10.7. The van der Waals surface area contributed by atoms with Crippen LogP contribution in [0.2, 0.25) is 0 Å². The maximum atomic E-state index is 5.89. The molecule has 15 heavy (non-hydrogen) atoms. The Balaban J connectivity index is 2.05. The maximum Gasteiger partial charge on any atom is 0.0794 e. The van der Waals surface area contributed by atoms with Crippen molar-refractivity contribution in [1.82, 2.24) is 4.98 Å². The highest BCUT2D eigenvalue weighted by atomic mass is 32.1. The van der Waals surface area contributed by atoms with E-state index in [0.717, 1.165) is 17.9 Å². The second kappa shape index (κ2) is 4.31. The molecule has 0 aliphatic carbocycles. The molecule has 3 N–H and O–H groups in total. The van der Waals surface area contributed by atoms with Gasteiger partial charge in [0.05, 0.1) is 23.4 Å².